The summed E-state index contributed by atoms with van der Waals surface area (Å²) in [6.45, 7) is 6.43. The van der Waals surface area contributed by atoms with E-state index in [1.54, 1.807) is 6.26 Å². The Morgan fingerprint density at radius 3 is 2.65 bits per heavy atom. The first-order valence-corrected chi connectivity index (χ1v) is 6.01. The Balaban J connectivity index is 1.98. The zero-order valence-corrected chi connectivity index (χ0v) is 10.7. The van der Waals surface area contributed by atoms with Gasteiger partial charge in [0.15, 0.2) is 0 Å². The van der Waals surface area contributed by atoms with Crippen LogP contribution in [0.25, 0.3) is 0 Å². The molecule has 1 unspecified atom stereocenters. The number of hydrogen-bond acceptors (Lipinski definition) is 2. The van der Waals surface area contributed by atoms with Crippen molar-refractivity contribution in [2.24, 2.45) is 0 Å². The zero-order chi connectivity index (χ0) is 12.3. The molecule has 0 saturated heterocycles. The summed E-state index contributed by atoms with van der Waals surface area (Å²) in [5.41, 5.74) is 3.82. The second kappa shape index (κ2) is 5.09. The molecule has 0 aliphatic heterocycles. The summed E-state index contributed by atoms with van der Waals surface area (Å²) in [7, 11) is 0. The van der Waals surface area contributed by atoms with E-state index < -0.39 is 0 Å². The van der Waals surface area contributed by atoms with E-state index in [-0.39, 0.29) is 0 Å². The van der Waals surface area contributed by atoms with Crippen molar-refractivity contribution >= 4 is 5.69 Å². The van der Waals surface area contributed by atoms with E-state index >= 15 is 0 Å². The van der Waals surface area contributed by atoms with Gasteiger partial charge < -0.3 is 9.73 Å². The molecular weight excluding hydrogens is 210 g/mol. The molecule has 0 radical (unpaired) electrons. The summed E-state index contributed by atoms with van der Waals surface area (Å²) in [4.78, 5) is 0. The van der Waals surface area contributed by atoms with E-state index in [1.807, 2.05) is 12.1 Å². The van der Waals surface area contributed by atoms with Crippen molar-refractivity contribution in [3.8, 4) is 0 Å². The van der Waals surface area contributed by atoms with Gasteiger partial charge in [-0.3, -0.25) is 0 Å². The average molecular weight is 229 g/mol. The molecule has 1 atom stereocenters. The van der Waals surface area contributed by atoms with Crippen molar-refractivity contribution in [1.82, 2.24) is 0 Å². The Morgan fingerprint density at radius 2 is 2.00 bits per heavy atom. The Kier molecular flexibility index (Phi) is 3.52. The quantitative estimate of drug-likeness (QED) is 0.859. The van der Waals surface area contributed by atoms with Crippen LogP contribution in [-0.4, -0.2) is 6.04 Å². The number of furan rings is 1. The van der Waals surface area contributed by atoms with Crippen molar-refractivity contribution < 1.29 is 4.42 Å². The largest absolute Gasteiger partial charge is 0.469 e. The van der Waals surface area contributed by atoms with Gasteiger partial charge in [0.2, 0.25) is 0 Å². The summed E-state index contributed by atoms with van der Waals surface area (Å²) in [5, 5.41) is 3.49. The van der Waals surface area contributed by atoms with Gasteiger partial charge in [0.25, 0.3) is 0 Å². The number of aryl methyl sites for hydroxylation is 2. The van der Waals surface area contributed by atoms with Gasteiger partial charge in [-0.25, -0.2) is 0 Å². The van der Waals surface area contributed by atoms with Gasteiger partial charge >= 0.3 is 0 Å². The third-order valence-corrected chi connectivity index (χ3v) is 3.01. The lowest BCUT2D eigenvalue weighted by atomic mass is 10.1. The van der Waals surface area contributed by atoms with Gasteiger partial charge in [0.05, 0.1) is 6.26 Å². The molecule has 2 heteroatoms. The van der Waals surface area contributed by atoms with Gasteiger partial charge in [0, 0.05) is 18.2 Å². The second-order valence-electron chi connectivity index (χ2n) is 4.63. The monoisotopic (exact) mass is 229 g/mol. The normalized spacial score (nSPS) is 12.4. The van der Waals surface area contributed by atoms with Crippen molar-refractivity contribution in [3.63, 3.8) is 0 Å². The molecule has 2 aromatic rings. The molecule has 0 fully saturated rings. The summed E-state index contributed by atoms with van der Waals surface area (Å²) in [6, 6.07) is 10.8. The van der Waals surface area contributed by atoms with E-state index in [4.69, 9.17) is 4.42 Å². The third kappa shape index (κ3) is 3.13. The molecule has 1 N–H and O–H groups in total. The van der Waals surface area contributed by atoms with Crippen LogP contribution in [-0.2, 0) is 6.42 Å². The number of anilines is 1. The predicted molar refractivity (Wildman–Crippen MR) is 71.4 cm³/mol. The van der Waals surface area contributed by atoms with Crippen molar-refractivity contribution in [3.05, 3.63) is 53.5 Å². The lowest BCUT2D eigenvalue weighted by molar-refractivity contribution is 0.498. The number of hydrogen-bond donors (Lipinski definition) is 1. The lowest BCUT2D eigenvalue weighted by Crippen LogP contribution is -2.17. The molecule has 0 amide bonds. The number of rotatable bonds is 4. The SMILES string of the molecule is Cc1ccc(NC(C)Cc2ccco2)cc1C. The van der Waals surface area contributed by atoms with Crippen LogP contribution in [0.3, 0.4) is 0 Å². The van der Waals surface area contributed by atoms with E-state index in [1.165, 1.54) is 16.8 Å². The highest BCUT2D eigenvalue weighted by molar-refractivity contribution is 5.48. The summed E-state index contributed by atoms with van der Waals surface area (Å²) in [5.74, 6) is 1.02. The second-order valence-corrected chi connectivity index (χ2v) is 4.63. The molecule has 0 bridgehead atoms. The minimum Gasteiger partial charge on any atom is -0.469 e. The van der Waals surface area contributed by atoms with Crippen LogP contribution in [0.4, 0.5) is 5.69 Å². The van der Waals surface area contributed by atoms with Crippen molar-refractivity contribution in [1.29, 1.82) is 0 Å². The van der Waals surface area contributed by atoms with Gasteiger partial charge in [-0.15, -0.1) is 0 Å². The Labute approximate surface area is 103 Å². The van der Waals surface area contributed by atoms with Crippen LogP contribution in [0, 0.1) is 13.8 Å². The van der Waals surface area contributed by atoms with Gasteiger partial charge in [0.1, 0.15) is 5.76 Å². The van der Waals surface area contributed by atoms with Crippen LogP contribution >= 0.6 is 0 Å². The fraction of sp³-hybridized carbons (Fsp3) is 0.333. The van der Waals surface area contributed by atoms with E-state index in [9.17, 15) is 0 Å². The topological polar surface area (TPSA) is 25.2 Å². The maximum atomic E-state index is 5.34. The first-order valence-electron chi connectivity index (χ1n) is 6.01. The first kappa shape index (κ1) is 11.8. The van der Waals surface area contributed by atoms with Crippen LogP contribution < -0.4 is 5.32 Å². The zero-order valence-electron chi connectivity index (χ0n) is 10.7. The third-order valence-electron chi connectivity index (χ3n) is 3.01. The predicted octanol–water partition coefficient (Wildman–Crippen LogP) is 3.94. The molecule has 2 nitrogen and oxygen atoms in total. The molecule has 2 rings (SSSR count). The highest BCUT2D eigenvalue weighted by Gasteiger charge is 2.06. The van der Waals surface area contributed by atoms with Crippen molar-refractivity contribution in [2.45, 2.75) is 33.2 Å². The standard InChI is InChI=1S/C15H19NO/c1-11-6-7-14(9-12(11)2)16-13(3)10-15-5-4-8-17-15/h4-9,13,16H,10H2,1-3H3. The van der Waals surface area contributed by atoms with Gasteiger partial charge in [-0.1, -0.05) is 6.07 Å². The maximum Gasteiger partial charge on any atom is 0.105 e. The minimum absolute atomic E-state index is 0.364. The molecular formula is C15H19NO. The summed E-state index contributed by atoms with van der Waals surface area (Å²) < 4.78 is 5.34. The molecule has 17 heavy (non-hydrogen) atoms. The Bertz CT molecular complexity index is 474. The first-order chi connectivity index (χ1) is 8.15. The van der Waals surface area contributed by atoms with E-state index in [2.05, 4.69) is 44.3 Å². The van der Waals surface area contributed by atoms with Crippen LogP contribution in [0.1, 0.15) is 23.8 Å². The smallest absolute Gasteiger partial charge is 0.105 e. The van der Waals surface area contributed by atoms with Gasteiger partial charge in [-0.05, 0) is 56.2 Å². The highest BCUT2D eigenvalue weighted by atomic mass is 16.3. The van der Waals surface area contributed by atoms with Crippen LogP contribution in [0.15, 0.2) is 41.0 Å². The van der Waals surface area contributed by atoms with E-state index in [0.29, 0.717) is 6.04 Å². The fourth-order valence-electron chi connectivity index (χ4n) is 1.90. The number of benzene rings is 1. The summed E-state index contributed by atoms with van der Waals surface area (Å²) in [6.07, 6.45) is 2.62. The lowest BCUT2D eigenvalue weighted by Gasteiger charge is -2.15. The molecule has 0 saturated carbocycles. The van der Waals surface area contributed by atoms with Gasteiger partial charge in [-0.2, -0.15) is 0 Å². The molecule has 0 aliphatic carbocycles. The molecule has 1 aromatic heterocycles. The Hall–Kier alpha value is -1.70. The van der Waals surface area contributed by atoms with Crippen LogP contribution in [0.5, 0.6) is 0 Å². The molecule has 1 aromatic carbocycles. The van der Waals surface area contributed by atoms with Crippen molar-refractivity contribution in [2.75, 3.05) is 5.32 Å². The van der Waals surface area contributed by atoms with E-state index in [0.717, 1.165) is 12.2 Å². The van der Waals surface area contributed by atoms with Crippen LogP contribution in [0.2, 0.25) is 0 Å². The number of nitrogens with one attached hydrogen (secondary N) is 1. The highest BCUT2D eigenvalue weighted by Crippen LogP contribution is 2.16. The minimum atomic E-state index is 0.364. The molecule has 1 heterocycles. The molecule has 90 valence electrons. The maximum absolute atomic E-state index is 5.34. The average Bonchev–Trinajstić information content (AvgIpc) is 2.76. The Morgan fingerprint density at radius 1 is 1.18 bits per heavy atom. The molecule has 0 aliphatic rings. The molecule has 0 spiro atoms. The summed E-state index contributed by atoms with van der Waals surface area (Å²) >= 11 is 0. The fourth-order valence-corrected chi connectivity index (χ4v) is 1.90.